The second-order valence-corrected chi connectivity index (χ2v) is 4.74. The van der Waals surface area contributed by atoms with Gasteiger partial charge >= 0.3 is 6.03 Å². The highest BCUT2D eigenvalue weighted by Crippen LogP contribution is 2.19. The van der Waals surface area contributed by atoms with Crippen LogP contribution < -0.4 is 10.8 Å². The maximum absolute atomic E-state index is 11.4. The van der Waals surface area contributed by atoms with Crippen LogP contribution >= 0.6 is 0 Å². The third-order valence-electron chi connectivity index (χ3n) is 3.51. The van der Waals surface area contributed by atoms with E-state index in [0.717, 1.165) is 12.8 Å². The molecule has 1 saturated carbocycles. The average Bonchev–Trinajstić information content (AvgIpc) is 2.86. The van der Waals surface area contributed by atoms with Gasteiger partial charge in [-0.15, -0.1) is 0 Å². The summed E-state index contributed by atoms with van der Waals surface area (Å²) < 4.78 is 0. The van der Waals surface area contributed by atoms with Crippen LogP contribution in [0.25, 0.3) is 0 Å². The number of carbonyl (C=O) groups excluding carboxylic acids is 1. The number of aliphatic hydroxyl groups is 1. The van der Waals surface area contributed by atoms with Crippen molar-refractivity contribution in [2.75, 3.05) is 6.54 Å². The van der Waals surface area contributed by atoms with Gasteiger partial charge in [-0.2, -0.15) is 0 Å². The monoisotopic (exact) mass is 244 g/mol. The number of urea groups is 1. The molecule has 1 fully saturated rings. The van der Waals surface area contributed by atoms with E-state index in [1.807, 2.05) is 13.8 Å². The Morgan fingerprint density at radius 3 is 2.47 bits per heavy atom. The van der Waals surface area contributed by atoms with Crippen molar-refractivity contribution in [2.45, 2.75) is 64.1 Å². The molecule has 0 heterocycles. The van der Waals surface area contributed by atoms with E-state index in [1.165, 1.54) is 12.8 Å². The van der Waals surface area contributed by atoms with E-state index in [2.05, 4.69) is 10.8 Å². The number of hydrogen-bond acceptors (Lipinski definition) is 3. The Morgan fingerprint density at radius 1 is 1.35 bits per heavy atom. The van der Waals surface area contributed by atoms with Crippen LogP contribution in [-0.4, -0.2) is 29.4 Å². The van der Waals surface area contributed by atoms with Gasteiger partial charge in [0.1, 0.15) is 0 Å². The summed E-state index contributed by atoms with van der Waals surface area (Å²) in [6.45, 7) is 4.05. The first kappa shape index (κ1) is 14.3. The molecule has 5 heteroatoms. The maximum atomic E-state index is 11.4. The lowest BCUT2D eigenvalue weighted by atomic mass is 9.98. The third-order valence-corrected chi connectivity index (χ3v) is 3.51. The molecule has 1 aliphatic rings. The lowest BCUT2D eigenvalue weighted by Crippen LogP contribution is -2.46. The molecular formula is C12H24N2O3. The fourth-order valence-corrected chi connectivity index (χ4v) is 1.92. The number of hydroxylamine groups is 1. The normalized spacial score (nSPS) is 17.1. The van der Waals surface area contributed by atoms with Gasteiger partial charge in [-0.05, 0) is 25.7 Å². The largest absolute Gasteiger partial charge is 0.388 e. The van der Waals surface area contributed by atoms with Crippen LogP contribution in [0.5, 0.6) is 0 Å². The highest BCUT2D eigenvalue weighted by Gasteiger charge is 2.23. The molecular weight excluding hydrogens is 220 g/mol. The van der Waals surface area contributed by atoms with E-state index < -0.39 is 5.60 Å². The lowest BCUT2D eigenvalue weighted by molar-refractivity contribution is -0.00397. The fraction of sp³-hybridized carbons (Fsp3) is 0.917. The minimum atomic E-state index is -0.815. The first-order valence-corrected chi connectivity index (χ1v) is 6.51. The van der Waals surface area contributed by atoms with Gasteiger partial charge in [0.25, 0.3) is 0 Å². The smallest absolute Gasteiger partial charge is 0.338 e. The lowest BCUT2D eigenvalue weighted by Gasteiger charge is -2.25. The van der Waals surface area contributed by atoms with E-state index in [9.17, 15) is 9.90 Å². The Hall–Kier alpha value is -0.810. The second kappa shape index (κ2) is 6.81. The molecule has 0 saturated heterocycles. The Balaban J connectivity index is 2.16. The van der Waals surface area contributed by atoms with Crippen molar-refractivity contribution >= 4 is 6.03 Å². The summed E-state index contributed by atoms with van der Waals surface area (Å²) in [5, 5.41) is 12.6. The summed E-state index contributed by atoms with van der Waals surface area (Å²) in [4.78, 5) is 16.7. The molecule has 0 aromatic carbocycles. The van der Waals surface area contributed by atoms with Crippen molar-refractivity contribution < 1.29 is 14.7 Å². The molecule has 0 aliphatic heterocycles. The minimum Gasteiger partial charge on any atom is -0.388 e. The van der Waals surface area contributed by atoms with Gasteiger partial charge in [0.15, 0.2) is 0 Å². The zero-order valence-electron chi connectivity index (χ0n) is 10.8. The summed E-state index contributed by atoms with van der Waals surface area (Å²) >= 11 is 0. The third kappa shape index (κ3) is 4.91. The molecule has 17 heavy (non-hydrogen) atoms. The molecule has 0 atom stereocenters. The topological polar surface area (TPSA) is 70.6 Å². The van der Waals surface area contributed by atoms with Gasteiger partial charge < -0.3 is 10.4 Å². The number of carbonyl (C=O) groups is 1. The van der Waals surface area contributed by atoms with Crippen molar-refractivity contribution in [2.24, 2.45) is 0 Å². The fourth-order valence-electron chi connectivity index (χ4n) is 1.92. The first-order chi connectivity index (χ1) is 8.09. The molecule has 0 aromatic heterocycles. The van der Waals surface area contributed by atoms with E-state index in [0.29, 0.717) is 12.8 Å². The van der Waals surface area contributed by atoms with Crippen LogP contribution in [-0.2, 0) is 4.84 Å². The molecule has 3 N–H and O–H groups in total. The van der Waals surface area contributed by atoms with Gasteiger partial charge in [-0.25, -0.2) is 10.3 Å². The molecule has 0 aromatic rings. The number of amides is 2. The minimum absolute atomic E-state index is 0.150. The summed E-state index contributed by atoms with van der Waals surface area (Å²) in [6.07, 6.45) is 5.73. The first-order valence-electron chi connectivity index (χ1n) is 6.51. The molecule has 1 rings (SSSR count). The predicted octanol–water partition coefficient (Wildman–Crippen LogP) is 1.71. The summed E-state index contributed by atoms with van der Waals surface area (Å²) in [7, 11) is 0. The molecule has 2 amide bonds. The molecule has 100 valence electrons. The number of hydrogen-bond donors (Lipinski definition) is 3. The van der Waals surface area contributed by atoms with Crippen molar-refractivity contribution in [3.63, 3.8) is 0 Å². The Kier molecular flexibility index (Phi) is 5.71. The van der Waals surface area contributed by atoms with Crippen LogP contribution in [0.4, 0.5) is 4.79 Å². The molecule has 1 aliphatic carbocycles. The zero-order valence-corrected chi connectivity index (χ0v) is 10.8. The summed E-state index contributed by atoms with van der Waals surface area (Å²) in [5.74, 6) is 0. The van der Waals surface area contributed by atoms with Gasteiger partial charge in [0, 0.05) is 6.54 Å². The number of nitrogens with one attached hydrogen (secondary N) is 2. The summed E-state index contributed by atoms with van der Waals surface area (Å²) in [6, 6.07) is -0.378. The van der Waals surface area contributed by atoms with Crippen LogP contribution in [0.2, 0.25) is 0 Å². The average molecular weight is 244 g/mol. The molecule has 0 spiro atoms. The van der Waals surface area contributed by atoms with Crippen molar-refractivity contribution in [1.29, 1.82) is 0 Å². The second-order valence-electron chi connectivity index (χ2n) is 4.74. The number of rotatable bonds is 6. The van der Waals surface area contributed by atoms with E-state index in [4.69, 9.17) is 4.84 Å². The highest BCUT2D eigenvalue weighted by atomic mass is 16.7. The van der Waals surface area contributed by atoms with E-state index >= 15 is 0 Å². The maximum Gasteiger partial charge on any atom is 0.338 e. The standard InChI is InChI=1S/C12H24N2O3/c1-3-12(16,4-2)9-13-11(15)14-17-10-7-5-6-8-10/h10,16H,3-9H2,1-2H3,(H2,13,14,15). The quantitative estimate of drug-likeness (QED) is 0.623. The van der Waals surface area contributed by atoms with Gasteiger partial charge in [-0.1, -0.05) is 26.7 Å². The van der Waals surface area contributed by atoms with Crippen molar-refractivity contribution in [3.05, 3.63) is 0 Å². The zero-order chi connectivity index (χ0) is 12.7. The van der Waals surface area contributed by atoms with Crippen LogP contribution in [0.3, 0.4) is 0 Å². The SMILES string of the molecule is CCC(O)(CC)CNC(=O)NOC1CCCC1. The van der Waals surface area contributed by atoms with Gasteiger partial charge in [0.2, 0.25) is 0 Å². The van der Waals surface area contributed by atoms with Crippen LogP contribution in [0.15, 0.2) is 0 Å². The van der Waals surface area contributed by atoms with Crippen LogP contribution in [0, 0.1) is 0 Å². The van der Waals surface area contributed by atoms with E-state index in [-0.39, 0.29) is 18.7 Å². The van der Waals surface area contributed by atoms with Gasteiger partial charge in [0.05, 0.1) is 11.7 Å². The highest BCUT2D eigenvalue weighted by molar-refractivity contribution is 5.72. The Morgan fingerprint density at radius 2 is 1.94 bits per heavy atom. The van der Waals surface area contributed by atoms with Crippen LogP contribution in [0.1, 0.15) is 52.4 Å². The summed E-state index contributed by atoms with van der Waals surface area (Å²) in [5.41, 5.74) is 1.57. The molecule has 0 bridgehead atoms. The van der Waals surface area contributed by atoms with Crippen molar-refractivity contribution in [1.82, 2.24) is 10.8 Å². The van der Waals surface area contributed by atoms with Crippen molar-refractivity contribution in [3.8, 4) is 0 Å². The molecule has 5 nitrogen and oxygen atoms in total. The predicted molar refractivity (Wildman–Crippen MR) is 65.4 cm³/mol. The Labute approximate surface area is 103 Å². The van der Waals surface area contributed by atoms with Gasteiger partial charge in [-0.3, -0.25) is 4.84 Å². The Bertz CT molecular complexity index is 236. The van der Waals surface area contributed by atoms with E-state index in [1.54, 1.807) is 0 Å². The molecule has 0 radical (unpaired) electrons. The molecule has 0 unspecified atom stereocenters.